The summed E-state index contributed by atoms with van der Waals surface area (Å²) >= 11 is 0. The van der Waals surface area contributed by atoms with Crippen molar-refractivity contribution in [2.45, 2.75) is 69.2 Å². The SMILES string of the molecule is Cc1ccc(C)c(N(c2cc(-c3c(C)cccc3C)ccc2C)c2ccc3ccc4c(N(c5cc(C)ccc5C)c5cc(-c6c(C)cccc6C)ccc5C)ccc5ccc2c3c54)c1. The van der Waals surface area contributed by atoms with Gasteiger partial charge in [-0.3, -0.25) is 0 Å². The number of rotatable bonds is 8. The van der Waals surface area contributed by atoms with Gasteiger partial charge in [-0.05, 0) is 205 Å². The minimum Gasteiger partial charge on any atom is -0.309 e. The van der Waals surface area contributed by atoms with Crippen LogP contribution in [0.1, 0.15) is 55.6 Å². The molecule has 0 aliphatic carbocycles. The van der Waals surface area contributed by atoms with Crippen LogP contribution in [0.4, 0.5) is 34.1 Å². The van der Waals surface area contributed by atoms with E-state index in [2.05, 4.69) is 237 Å². The van der Waals surface area contributed by atoms with E-state index in [1.54, 1.807) is 0 Å². The van der Waals surface area contributed by atoms with Crippen LogP contribution >= 0.6 is 0 Å². The molecule has 0 fully saturated rings. The van der Waals surface area contributed by atoms with Crippen LogP contribution in [-0.2, 0) is 0 Å². The summed E-state index contributed by atoms with van der Waals surface area (Å²) in [5, 5.41) is 7.52. The summed E-state index contributed by atoms with van der Waals surface area (Å²) in [6, 6.07) is 59.7. The van der Waals surface area contributed by atoms with E-state index in [4.69, 9.17) is 0 Å². The maximum Gasteiger partial charge on any atom is 0.0540 e. The fourth-order valence-electron chi connectivity index (χ4n) is 10.4. The predicted octanol–water partition coefficient (Wildman–Crippen LogP) is 17.9. The molecule has 0 saturated carbocycles. The molecule has 0 aliphatic heterocycles. The van der Waals surface area contributed by atoms with Gasteiger partial charge in [0.25, 0.3) is 0 Å². The van der Waals surface area contributed by atoms with Gasteiger partial charge in [0, 0.05) is 33.5 Å². The number of benzene rings is 10. The lowest BCUT2D eigenvalue weighted by atomic mass is 9.90. The zero-order chi connectivity index (χ0) is 44.6. The fraction of sp³-hybridized carbons (Fsp3) is 0.161. The van der Waals surface area contributed by atoms with Crippen molar-refractivity contribution >= 4 is 66.4 Å². The van der Waals surface area contributed by atoms with E-state index in [0.717, 1.165) is 0 Å². The van der Waals surface area contributed by atoms with Crippen LogP contribution in [-0.4, -0.2) is 0 Å². The van der Waals surface area contributed by atoms with Gasteiger partial charge in [0.05, 0.1) is 11.4 Å². The molecule has 0 saturated heterocycles. The van der Waals surface area contributed by atoms with Gasteiger partial charge in [0.15, 0.2) is 0 Å². The van der Waals surface area contributed by atoms with Crippen LogP contribution in [0.2, 0.25) is 0 Å². The van der Waals surface area contributed by atoms with Gasteiger partial charge in [-0.25, -0.2) is 0 Å². The average molecular weight is 829 g/mol. The monoisotopic (exact) mass is 828 g/mol. The summed E-state index contributed by atoms with van der Waals surface area (Å²) in [4.78, 5) is 5.07. The van der Waals surface area contributed by atoms with Crippen LogP contribution in [0.5, 0.6) is 0 Å². The first kappa shape index (κ1) is 40.9. The Morgan fingerprint density at radius 1 is 0.266 bits per heavy atom. The average Bonchev–Trinajstić information content (AvgIpc) is 3.27. The van der Waals surface area contributed by atoms with Crippen LogP contribution in [0, 0.1) is 69.2 Å². The lowest BCUT2D eigenvalue weighted by Gasteiger charge is -2.32. The van der Waals surface area contributed by atoms with Crippen LogP contribution in [0.3, 0.4) is 0 Å². The maximum atomic E-state index is 2.53. The summed E-state index contributed by atoms with van der Waals surface area (Å²) in [5.41, 5.74) is 24.7. The Balaban J connectivity index is 1.25. The minimum absolute atomic E-state index is 1.17. The van der Waals surface area contributed by atoms with Gasteiger partial charge in [-0.2, -0.15) is 0 Å². The first-order valence-electron chi connectivity index (χ1n) is 22.7. The zero-order valence-corrected chi connectivity index (χ0v) is 38.9. The topological polar surface area (TPSA) is 6.48 Å². The molecule has 0 amide bonds. The predicted molar refractivity (Wildman–Crippen MR) is 278 cm³/mol. The second kappa shape index (κ2) is 15.9. The quantitative estimate of drug-likeness (QED) is 0.141. The molecule has 0 spiro atoms. The molecule has 0 atom stereocenters. The van der Waals surface area contributed by atoms with Gasteiger partial charge in [-0.1, -0.05) is 121 Å². The van der Waals surface area contributed by atoms with Gasteiger partial charge in [0.1, 0.15) is 0 Å². The van der Waals surface area contributed by atoms with Gasteiger partial charge in [-0.15, -0.1) is 0 Å². The second-order valence-corrected chi connectivity index (χ2v) is 18.4. The molecule has 10 aromatic carbocycles. The molecular formula is C62H56N2. The summed E-state index contributed by atoms with van der Waals surface area (Å²) in [6.45, 7) is 22.3. The van der Waals surface area contributed by atoms with Gasteiger partial charge >= 0.3 is 0 Å². The van der Waals surface area contributed by atoms with Gasteiger partial charge in [0.2, 0.25) is 0 Å². The Hall–Kier alpha value is -7.16. The van der Waals surface area contributed by atoms with Crippen molar-refractivity contribution in [1.82, 2.24) is 0 Å². The van der Waals surface area contributed by atoms with E-state index in [1.165, 1.54) is 144 Å². The second-order valence-electron chi connectivity index (χ2n) is 18.4. The van der Waals surface area contributed by atoms with E-state index < -0.39 is 0 Å². The molecule has 0 aliphatic rings. The molecule has 0 unspecified atom stereocenters. The molecule has 314 valence electrons. The maximum absolute atomic E-state index is 2.53. The van der Waals surface area contributed by atoms with Crippen molar-refractivity contribution in [3.8, 4) is 22.3 Å². The number of nitrogens with zero attached hydrogens (tertiary/aromatic N) is 2. The number of aryl methyl sites for hydroxylation is 10. The standard InChI is InChI=1S/C62H56N2/c1-37-17-19-39(3)55(33-37)63(57-35-49(23-21-41(57)5)59-43(7)13-11-14-44(59)8)53-31-27-47-26-30-52-54(32-28-48-25-29-51(53)61(47)62(48)52)64(56-34-38(2)18-20-40(56)4)58-36-50(24-22-42(58)6)60-45(9)15-12-16-46(60)10/h11-36H,1-10H3. The lowest BCUT2D eigenvalue weighted by Crippen LogP contribution is -2.14. The van der Waals surface area contributed by atoms with Crippen molar-refractivity contribution in [2.24, 2.45) is 0 Å². The Kier molecular flexibility index (Phi) is 10.1. The molecule has 0 bridgehead atoms. The molecular weight excluding hydrogens is 773 g/mol. The number of hydrogen-bond acceptors (Lipinski definition) is 2. The largest absolute Gasteiger partial charge is 0.309 e. The molecule has 2 nitrogen and oxygen atoms in total. The summed E-state index contributed by atoms with van der Waals surface area (Å²) in [6.07, 6.45) is 0. The zero-order valence-electron chi connectivity index (χ0n) is 38.9. The molecule has 0 radical (unpaired) electrons. The fourth-order valence-corrected chi connectivity index (χ4v) is 10.4. The lowest BCUT2D eigenvalue weighted by molar-refractivity contribution is 1.22. The normalized spacial score (nSPS) is 11.6. The van der Waals surface area contributed by atoms with Crippen molar-refractivity contribution in [3.63, 3.8) is 0 Å². The van der Waals surface area contributed by atoms with Crippen molar-refractivity contribution < 1.29 is 0 Å². The van der Waals surface area contributed by atoms with Gasteiger partial charge < -0.3 is 9.80 Å². The smallest absolute Gasteiger partial charge is 0.0540 e. The Morgan fingerprint density at radius 2 is 0.594 bits per heavy atom. The molecule has 0 N–H and O–H groups in total. The molecule has 0 aromatic heterocycles. The Labute approximate surface area is 379 Å². The van der Waals surface area contributed by atoms with Crippen LogP contribution < -0.4 is 9.80 Å². The molecule has 10 rings (SSSR count). The third-order valence-electron chi connectivity index (χ3n) is 13.8. The van der Waals surface area contributed by atoms with Crippen molar-refractivity contribution in [3.05, 3.63) is 213 Å². The minimum atomic E-state index is 1.17. The van der Waals surface area contributed by atoms with Crippen molar-refractivity contribution in [1.29, 1.82) is 0 Å². The summed E-state index contributed by atoms with van der Waals surface area (Å²) in [5.74, 6) is 0. The number of anilines is 6. The highest BCUT2D eigenvalue weighted by molar-refractivity contribution is 6.28. The van der Waals surface area contributed by atoms with E-state index in [-0.39, 0.29) is 0 Å². The molecule has 64 heavy (non-hydrogen) atoms. The third-order valence-corrected chi connectivity index (χ3v) is 13.8. The van der Waals surface area contributed by atoms with E-state index in [9.17, 15) is 0 Å². The van der Waals surface area contributed by atoms with E-state index in [0.29, 0.717) is 0 Å². The van der Waals surface area contributed by atoms with Crippen LogP contribution in [0.25, 0.3) is 54.6 Å². The first-order valence-corrected chi connectivity index (χ1v) is 22.7. The molecule has 2 heteroatoms. The van der Waals surface area contributed by atoms with Crippen LogP contribution in [0.15, 0.2) is 158 Å². The highest BCUT2D eigenvalue weighted by Crippen LogP contribution is 2.50. The highest BCUT2D eigenvalue weighted by Gasteiger charge is 2.25. The number of hydrogen-bond donors (Lipinski definition) is 0. The van der Waals surface area contributed by atoms with E-state index >= 15 is 0 Å². The highest BCUT2D eigenvalue weighted by atomic mass is 15.2. The Morgan fingerprint density at radius 3 is 0.969 bits per heavy atom. The van der Waals surface area contributed by atoms with Crippen molar-refractivity contribution in [2.75, 3.05) is 9.80 Å². The third kappa shape index (κ3) is 6.81. The first-order chi connectivity index (χ1) is 30.9. The summed E-state index contributed by atoms with van der Waals surface area (Å²) in [7, 11) is 0. The molecule has 10 aromatic rings. The molecule has 0 heterocycles. The summed E-state index contributed by atoms with van der Waals surface area (Å²) < 4.78 is 0. The Bertz CT molecular complexity index is 3190. The van der Waals surface area contributed by atoms with E-state index in [1.807, 2.05) is 0 Å².